The molecule has 2 aliphatic rings. The number of nitrogens with zero attached hydrogens (tertiary/aromatic N) is 4. The zero-order chi connectivity index (χ0) is 20.9. The number of hydrogen-bond donors (Lipinski definition) is 0. The van der Waals surface area contributed by atoms with Crippen LogP contribution < -0.4 is 0 Å². The van der Waals surface area contributed by atoms with Gasteiger partial charge in [-0.3, -0.25) is 19.6 Å². The predicted molar refractivity (Wildman–Crippen MR) is 118 cm³/mol. The van der Waals surface area contributed by atoms with Crippen LogP contribution in [0.15, 0.2) is 47.2 Å². The highest BCUT2D eigenvalue weighted by Crippen LogP contribution is 2.23. The van der Waals surface area contributed by atoms with Gasteiger partial charge in [-0.25, -0.2) is 4.39 Å². The zero-order valence-electron chi connectivity index (χ0n) is 17.1. The molecule has 2 fully saturated rings. The summed E-state index contributed by atoms with van der Waals surface area (Å²) in [5.74, 6) is 0.241. The second-order valence-electron chi connectivity index (χ2n) is 8.24. The Kier molecular flexibility index (Phi) is 7.12. The van der Waals surface area contributed by atoms with Gasteiger partial charge in [0.15, 0.2) is 0 Å². The third-order valence-corrected chi connectivity index (χ3v) is 6.92. The lowest BCUT2D eigenvalue weighted by molar-refractivity contribution is -0.139. The average molecular weight is 475 g/mol. The lowest BCUT2D eigenvalue weighted by atomic mass is 9.94. The van der Waals surface area contributed by atoms with Gasteiger partial charge < -0.3 is 4.90 Å². The van der Waals surface area contributed by atoms with E-state index < -0.39 is 0 Å². The van der Waals surface area contributed by atoms with Crippen molar-refractivity contribution in [3.63, 3.8) is 0 Å². The van der Waals surface area contributed by atoms with Crippen LogP contribution in [-0.2, 0) is 17.9 Å². The molecule has 0 aliphatic carbocycles. The number of rotatable bonds is 5. The first-order valence-corrected chi connectivity index (χ1v) is 11.4. The summed E-state index contributed by atoms with van der Waals surface area (Å²) in [6, 6.07) is 8.95. The second kappa shape index (κ2) is 9.98. The summed E-state index contributed by atoms with van der Waals surface area (Å²) >= 11 is 3.45. The first kappa shape index (κ1) is 21.4. The number of carbonyl (C=O) groups excluding carboxylic acids is 1. The number of amides is 1. The molecule has 0 spiro atoms. The minimum Gasteiger partial charge on any atom is -0.340 e. The summed E-state index contributed by atoms with van der Waals surface area (Å²) in [7, 11) is 0. The van der Waals surface area contributed by atoms with Gasteiger partial charge in [-0.1, -0.05) is 22.0 Å². The van der Waals surface area contributed by atoms with E-state index in [9.17, 15) is 9.18 Å². The Labute approximate surface area is 186 Å². The number of halogens is 2. The fourth-order valence-electron chi connectivity index (χ4n) is 4.36. The first-order valence-electron chi connectivity index (χ1n) is 10.6. The van der Waals surface area contributed by atoms with Crippen LogP contribution in [0.5, 0.6) is 0 Å². The highest BCUT2D eigenvalue weighted by Gasteiger charge is 2.30. The van der Waals surface area contributed by atoms with E-state index in [0.29, 0.717) is 5.91 Å². The molecular weight excluding hydrogens is 447 g/mol. The molecule has 0 bridgehead atoms. The zero-order valence-corrected chi connectivity index (χ0v) is 18.7. The lowest BCUT2D eigenvalue weighted by Crippen LogP contribution is -2.51. The summed E-state index contributed by atoms with van der Waals surface area (Å²) in [6.07, 6.45) is 5.54. The van der Waals surface area contributed by atoms with Crippen molar-refractivity contribution in [2.75, 3.05) is 39.3 Å². The third kappa shape index (κ3) is 5.45. The molecular formula is C23H28BrFN4O. The van der Waals surface area contributed by atoms with Crippen LogP contribution in [0.2, 0.25) is 0 Å². The molecule has 0 saturated carbocycles. The summed E-state index contributed by atoms with van der Waals surface area (Å²) in [4.78, 5) is 23.9. The van der Waals surface area contributed by atoms with Crippen LogP contribution in [0, 0.1) is 11.7 Å². The minimum atomic E-state index is -0.229. The largest absolute Gasteiger partial charge is 0.340 e. The average Bonchev–Trinajstić information content (AvgIpc) is 2.77. The van der Waals surface area contributed by atoms with Gasteiger partial charge >= 0.3 is 0 Å². The Morgan fingerprint density at radius 1 is 0.967 bits per heavy atom. The van der Waals surface area contributed by atoms with Gasteiger partial charge in [-0.05, 0) is 61.3 Å². The van der Waals surface area contributed by atoms with Crippen molar-refractivity contribution in [3.8, 4) is 0 Å². The van der Waals surface area contributed by atoms with Crippen molar-refractivity contribution in [1.82, 2.24) is 19.7 Å². The van der Waals surface area contributed by atoms with Gasteiger partial charge in [0.1, 0.15) is 5.82 Å². The number of piperidine rings is 1. The van der Waals surface area contributed by atoms with Gasteiger partial charge in [0.25, 0.3) is 0 Å². The van der Waals surface area contributed by atoms with Gasteiger partial charge in [0, 0.05) is 62.1 Å². The molecule has 1 aromatic carbocycles. The third-order valence-electron chi connectivity index (χ3n) is 6.19. The SMILES string of the molecule is O=C(C1CCN(Cc2ccncc2)CC1)N1CCN(Cc2ccc(F)cc2Br)CC1. The fourth-order valence-corrected chi connectivity index (χ4v) is 4.84. The first-order chi connectivity index (χ1) is 14.6. The molecule has 2 aromatic rings. The monoisotopic (exact) mass is 474 g/mol. The molecule has 0 atom stereocenters. The van der Waals surface area contributed by atoms with Gasteiger partial charge in [0.05, 0.1) is 0 Å². The van der Waals surface area contributed by atoms with Crippen molar-refractivity contribution in [2.45, 2.75) is 25.9 Å². The van der Waals surface area contributed by atoms with Crippen molar-refractivity contribution in [2.24, 2.45) is 5.92 Å². The maximum Gasteiger partial charge on any atom is 0.225 e. The van der Waals surface area contributed by atoms with Crippen molar-refractivity contribution in [3.05, 3.63) is 64.1 Å². The smallest absolute Gasteiger partial charge is 0.225 e. The summed E-state index contributed by atoms with van der Waals surface area (Å²) < 4.78 is 14.1. The number of pyridine rings is 1. The Balaban J connectivity index is 1.22. The van der Waals surface area contributed by atoms with Crippen LogP contribution in [0.25, 0.3) is 0 Å². The van der Waals surface area contributed by atoms with E-state index in [1.54, 1.807) is 0 Å². The minimum absolute atomic E-state index is 0.150. The number of piperazine rings is 1. The molecule has 0 unspecified atom stereocenters. The molecule has 160 valence electrons. The quantitative estimate of drug-likeness (QED) is 0.664. The molecule has 7 heteroatoms. The number of benzene rings is 1. The summed E-state index contributed by atoms with van der Waals surface area (Å²) in [6.45, 7) is 6.91. The number of likely N-dealkylation sites (tertiary alicyclic amines) is 1. The Morgan fingerprint density at radius 2 is 1.63 bits per heavy atom. The van der Waals surface area contributed by atoms with E-state index in [0.717, 1.165) is 75.2 Å². The standard InChI is InChI=1S/C23H28BrFN4O/c24-22-15-21(25)2-1-20(22)17-28-11-13-29(14-12-28)23(30)19-5-9-27(10-6-19)16-18-3-7-26-8-4-18/h1-4,7-8,15,19H,5-6,9-14,16-17H2. The molecule has 1 aromatic heterocycles. The van der Waals surface area contributed by atoms with Crippen molar-refractivity contribution in [1.29, 1.82) is 0 Å². The fraction of sp³-hybridized carbons (Fsp3) is 0.478. The van der Waals surface area contributed by atoms with Crippen molar-refractivity contribution < 1.29 is 9.18 Å². The topological polar surface area (TPSA) is 39.7 Å². The molecule has 0 N–H and O–H groups in total. The van der Waals surface area contributed by atoms with Crippen LogP contribution in [0.4, 0.5) is 4.39 Å². The molecule has 2 aliphatic heterocycles. The lowest BCUT2D eigenvalue weighted by Gasteiger charge is -2.38. The number of carbonyl (C=O) groups is 1. The maximum absolute atomic E-state index is 13.3. The second-order valence-corrected chi connectivity index (χ2v) is 9.10. The van der Waals surface area contributed by atoms with Crippen molar-refractivity contribution >= 4 is 21.8 Å². The predicted octanol–water partition coefficient (Wildman–Crippen LogP) is 3.54. The van der Waals surface area contributed by atoms with Gasteiger partial charge in [-0.15, -0.1) is 0 Å². The number of hydrogen-bond acceptors (Lipinski definition) is 4. The van der Waals surface area contributed by atoms with E-state index >= 15 is 0 Å². The highest BCUT2D eigenvalue weighted by atomic mass is 79.9. The van der Waals surface area contributed by atoms with E-state index in [1.807, 2.05) is 23.4 Å². The maximum atomic E-state index is 13.3. The Bertz CT molecular complexity index is 850. The van der Waals surface area contributed by atoms with Crippen LogP contribution >= 0.6 is 15.9 Å². The number of aromatic nitrogens is 1. The Hall–Kier alpha value is -1.83. The van der Waals surface area contributed by atoms with E-state index in [4.69, 9.17) is 0 Å². The molecule has 4 rings (SSSR count). The van der Waals surface area contributed by atoms with Crippen LogP contribution in [0.1, 0.15) is 24.0 Å². The van der Waals surface area contributed by atoms with Gasteiger partial charge in [0.2, 0.25) is 5.91 Å². The molecule has 2 saturated heterocycles. The normalized spacial score (nSPS) is 19.2. The summed E-state index contributed by atoms with van der Waals surface area (Å²) in [5, 5.41) is 0. The van der Waals surface area contributed by atoms with E-state index in [1.165, 1.54) is 17.7 Å². The molecule has 5 nitrogen and oxygen atoms in total. The Morgan fingerprint density at radius 3 is 2.30 bits per heavy atom. The molecule has 3 heterocycles. The molecule has 30 heavy (non-hydrogen) atoms. The molecule has 1 amide bonds. The molecule has 0 radical (unpaired) electrons. The van der Waals surface area contributed by atoms with Gasteiger partial charge in [-0.2, -0.15) is 0 Å². The van der Waals surface area contributed by atoms with E-state index in [2.05, 4.69) is 42.8 Å². The van der Waals surface area contributed by atoms with Crippen LogP contribution in [-0.4, -0.2) is 64.9 Å². The van der Waals surface area contributed by atoms with Crippen LogP contribution in [0.3, 0.4) is 0 Å². The summed E-state index contributed by atoms with van der Waals surface area (Å²) in [5.41, 5.74) is 2.36. The van der Waals surface area contributed by atoms with E-state index in [-0.39, 0.29) is 11.7 Å². The highest BCUT2D eigenvalue weighted by molar-refractivity contribution is 9.10.